The van der Waals surface area contributed by atoms with Crippen LogP contribution in [0.5, 0.6) is 5.75 Å². The predicted octanol–water partition coefficient (Wildman–Crippen LogP) is 2.99. The van der Waals surface area contributed by atoms with Crippen LogP contribution in [0.1, 0.15) is 20.7 Å². The average molecular weight is 240 g/mol. The lowest BCUT2D eigenvalue weighted by Crippen LogP contribution is -1.93. The fourth-order valence-electron chi connectivity index (χ4n) is 1.86. The Kier molecular flexibility index (Phi) is 3.53. The van der Waals surface area contributed by atoms with Gasteiger partial charge < -0.3 is 4.74 Å². The number of methoxy groups -OCH3 is 1. The van der Waals surface area contributed by atoms with E-state index in [-0.39, 0.29) is 0 Å². The molecule has 2 rings (SSSR count). The molecule has 0 spiro atoms. The smallest absolute Gasteiger partial charge is 0.150 e. The summed E-state index contributed by atoms with van der Waals surface area (Å²) in [5, 5.41) is 0. The molecule has 0 unspecified atom stereocenters. The maximum absolute atomic E-state index is 11.1. The van der Waals surface area contributed by atoms with Crippen molar-refractivity contribution in [3.63, 3.8) is 0 Å². The number of carbonyl (C=O) groups is 2. The molecule has 0 aliphatic carbocycles. The third kappa shape index (κ3) is 2.15. The summed E-state index contributed by atoms with van der Waals surface area (Å²) >= 11 is 0. The van der Waals surface area contributed by atoms with Gasteiger partial charge in [0.2, 0.25) is 0 Å². The molecule has 0 atom stereocenters. The fraction of sp³-hybridized carbons (Fsp3) is 0.0667. The number of ether oxygens (including phenoxy) is 1. The Balaban J connectivity index is 2.63. The van der Waals surface area contributed by atoms with Crippen molar-refractivity contribution in [2.24, 2.45) is 0 Å². The van der Waals surface area contributed by atoms with Crippen LogP contribution in [0.3, 0.4) is 0 Å². The molecule has 0 radical (unpaired) electrons. The molecule has 0 saturated carbocycles. The minimum Gasteiger partial charge on any atom is -0.497 e. The molecule has 0 bridgehead atoms. The van der Waals surface area contributed by atoms with Gasteiger partial charge in [0.1, 0.15) is 5.75 Å². The van der Waals surface area contributed by atoms with Gasteiger partial charge in [-0.25, -0.2) is 0 Å². The third-order valence-corrected chi connectivity index (χ3v) is 2.76. The molecule has 90 valence electrons. The Labute approximate surface area is 105 Å². The molecule has 0 saturated heterocycles. The Morgan fingerprint density at radius 1 is 0.889 bits per heavy atom. The van der Waals surface area contributed by atoms with Gasteiger partial charge in [-0.2, -0.15) is 0 Å². The highest BCUT2D eigenvalue weighted by atomic mass is 16.5. The van der Waals surface area contributed by atoms with Crippen molar-refractivity contribution in [1.82, 2.24) is 0 Å². The van der Waals surface area contributed by atoms with E-state index in [2.05, 4.69) is 0 Å². The zero-order valence-electron chi connectivity index (χ0n) is 9.92. The van der Waals surface area contributed by atoms with E-state index in [0.717, 1.165) is 23.7 Å². The van der Waals surface area contributed by atoms with E-state index in [1.165, 1.54) is 0 Å². The summed E-state index contributed by atoms with van der Waals surface area (Å²) in [5.74, 6) is 0.615. The number of aldehydes is 2. The van der Waals surface area contributed by atoms with Crippen LogP contribution in [0.4, 0.5) is 0 Å². The topological polar surface area (TPSA) is 43.4 Å². The van der Waals surface area contributed by atoms with Crippen LogP contribution in [0.25, 0.3) is 11.1 Å². The molecular formula is C15H12O3. The summed E-state index contributed by atoms with van der Waals surface area (Å²) in [5.41, 5.74) is 2.54. The minimum absolute atomic E-state index is 0.503. The first-order valence-corrected chi connectivity index (χ1v) is 5.48. The van der Waals surface area contributed by atoms with Crippen LogP contribution in [-0.4, -0.2) is 19.7 Å². The molecule has 3 heteroatoms. The SMILES string of the molecule is COc1ccc(-c2ccccc2C=O)c(C=O)c1. The van der Waals surface area contributed by atoms with Crippen molar-refractivity contribution < 1.29 is 14.3 Å². The van der Waals surface area contributed by atoms with Crippen molar-refractivity contribution in [1.29, 1.82) is 0 Å². The second kappa shape index (κ2) is 5.27. The number of carbonyl (C=O) groups excluding carboxylic acids is 2. The van der Waals surface area contributed by atoms with Crippen LogP contribution in [-0.2, 0) is 0 Å². The quantitative estimate of drug-likeness (QED) is 0.771. The van der Waals surface area contributed by atoms with E-state index in [1.807, 2.05) is 12.1 Å². The lowest BCUT2D eigenvalue weighted by atomic mass is 9.96. The van der Waals surface area contributed by atoms with Gasteiger partial charge in [-0.05, 0) is 29.3 Å². The van der Waals surface area contributed by atoms with Crippen molar-refractivity contribution in [3.8, 4) is 16.9 Å². The largest absolute Gasteiger partial charge is 0.497 e. The number of hydrogen-bond acceptors (Lipinski definition) is 3. The normalized spacial score (nSPS) is 9.83. The number of benzene rings is 2. The Bertz CT molecular complexity index is 588. The van der Waals surface area contributed by atoms with Gasteiger partial charge in [0.05, 0.1) is 7.11 Å². The molecule has 0 amide bonds. The van der Waals surface area contributed by atoms with E-state index >= 15 is 0 Å². The summed E-state index contributed by atoms with van der Waals surface area (Å²) in [6, 6.07) is 12.4. The Morgan fingerprint density at radius 3 is 2.22 bits per heavy atom. The van der Waals surface area contributed by atoms with E-state index in [9.17, 15) is 9.59 Å². The molecule has 0 heterocycles. The number of hydrogen-bond donors (Lipinski definition) is 0. The lowest BCUT2D eigenvalue weighted by Gasteiger charge is -2.09. The average Bonchev–Trinajstić information content (AvgIpc) is 2.46. The second-order valence-electron chi connectivity index (χ2n) is 3.78. The fourth-order valence-corrected chi connectivity index (χ4v) is 1.86. The summed E-state index contributed by atoms with van der Waals surface area (Å²) in [6.45, 7) is 0. The van der Waals surface area contributed by atoms with Crippen LogP contribution in [0.15, 0.2) is 42.5 Å². The van der Waals surface area contributed by atoms with Crippen molar-refractivity contribution in [3.05, 3.63) is 53.6 Å². The van der Waals surface area contributed by atoms with Gasteiger partial charge in [0.15, 0.2) is 12.6 Å². The third-order valence-electron chi connectivity index (χ3n) is 2.76. The van der Waals surface area contributed by atoms with Gasteiger partial charge in [-0.15, -0.1) is 0 Å². The number of rotatable bonds is 4. The van der Waals surface area contributed by atoms with Crippen LogP contribution in [0, 0.1) is 0 Å². The summed E-state index contributed by atoms with van der Waals surface area (Å²) in [7, 11) is 1.54. The molecular weight excluding hydrogens is 228 g/mol. The van der Waals surface area contributed by atoms with E-state index in [4.69, 9.17) is 4.74 Å². The highest BCUT2D eigenvalue weighted by Crippen LogP contribution is 2.28. The van der Waals surface area contributed by atoms with Crippen LogP contribution < -0.4 is 4.74 Å². The molecule has 2 aromatic carbocycles. The minimum atomic E-state index is 0.503. The molecule has 0 N–H and O–H groups in total. The van der Waals surface area contributed by atoms with Gasteiger partial charge >= 0.3 is 0 Å². The van der Waals surface area contributed by atoms with Crippen LogP contribution >= 0.6 is 0 Å². The van der Waals surface area contributed by atoms with E-state index < -0.39 is 0 Å². The molecule has 2 aromatic rings. The maximum atomic E-state index is 11.1. The molecule has 0 aromatic heterocycles. The molecule has 0 aliphatic rings. The molecule has 0 aliphatic heterocycles. The van der Waals surface area contributed by atoms with E-state index in [0.29, 0.717) is 16.9 Å². The van der Waals surface area contributed by atoms with Gasteiger partial charge in [0.25, 0.3) is 0 Å². The standard InChI is InChI=1S/C15H12O3/c1-18-13-6-7-15(12(8-13)10-17)14-5-3-2-4-11(14)9-16/h2-10H,1H3. The highest BCUT2D eigenvalue weighted by molar-refractivity contribution is 5.94. The lowest BCUT2D eigenvalue weighted by molar-refractivity contribution is 0.111. The first kappa shape index (κ1) is 12.0. The van der Waals surface area contributed by atoms with Gasteiger partial charge in [0, 0.05) is 11.1 Å². The Hall–Kier alpha value is -2.42. The first-order chi connectivity index (χ1) is 8.80. The van der Waals surface area contributed by atoms with Crippen LogP contribution in [0.2, 0.25) is 0 Å². The van der Waals surface area contributed by atoms with Gasteiger partial charge in [-0.1, -0.05) is 24.3 Å². The molecule has 3 nitrogen and oxygen atoms in total. The van der Waals surface area contributed by atoms with Crippen molar-refractivity contribution in [2.45, 2.75) is 0 Å². The summed E-state index contributed by atoms with van der Waals surface area (Å²) < 4.78 is 5.08. The van der Waals surface area contributed by atoms with E-state index in [1.54, 1.807) is 37.4 Å². The molecule has 18 heavy (non-hydrogen) atoms. The summed E-state index contributed by atoms with van der Waals surface area (Å²) in [4.78, 5) is 22.1. The predicted molar refractivity (Wildman–Crippen MR) is 69.2 cm³/mol. The zero-order chi connectivity index (χ0) is 13.0. The van der Waals surface area contributed by atoms with Gasteiger partial charge in [-0.3, -0.25) is 9.59 Å². The van der Waals surface area contributed by atoms with Crippen molar-refractivity contribution >= 4 is 12.6 Å². The first-order valence-electron chi connectivity index (χ1n) is 5.48. The maximum Gasteiger partial charge on any atom is 0.150 e. The second-order valence-corrected chi connectivity index (χ2v) is 3.78. The highest BCUT2D eigenvalue weighted by Gasteiger charge is 2.09. The zero-order valence-corrected chi connectivity index (χ0v) is 9.92. The Morgan fingerprint density at radius 2 is 1.56 bits per heavy atom. The monoisotopic (exact) mass is 240 g/mol. The summed E-state index contributed by atoms with van der Waals surface area (Å²) in [6.07, 6.45) is 1.55. The molecule has 0 fully saturated rings. The van der Waals surface area contributed by atoms with Crippen molar-refractivity contribution in [2.75, 3.05) is 7.11 Å².